The standard InChI is InChI=1S/C15H23N3O3/c1-10-8-17-13(11(2)15(10)18(19)20)9-21-14-6-4-3-5-12(14)7-16/h8,12,14H,3-7,9,16H2,1-2H3. The molecule has 2 N–H and O–H groups in total. The second kappa shape index (κ2) is 6.95. The summed E-state index contributed by atoms with van der Waals surface area (Å²) in [7, 11) is 0. The lowest BCUT2D eigenvalue weighted by atomic mass is 9.86. The largest absolute Gasteiger partial charge is 0.372 e. The van der Waals surface area contributed by atoms with Crippen molar-refractivity contribution in [3.05, 3.63) is 33.1 Å². The SMILES string of the molecule is Cc1cnc(COC2CCCCC2CN)c(C)c1[N+](=O)[O-]. The average molecular weight is 293 g/mol. The van der Waals surface area contributed by atoms with Crippen LogP contribution >= 0.6 is 0 Å². The Hall–Kier alpha value is -1.53. The number of nitrogens with two attached hydrogens (primary N) is 1. The van der Waals surface area contributed by atoms with Crippen molar-refractivity contribution in [2.24, 2.45) is 11.7 Å². The molecule has 116 valence electrons. The second-order valence-electron chi connectivity index (χ2n) is 5.75. The van der Waals surface area contributed by atoms with E-state index >= 15 is 0 Å². The molecule has 0 amide bonds. The van der Waals surface area contributed by atoms with E-state index < -0.39 is 0 Å². The average Bonchev–Trinajstić information content (AvgIpc) is 2.46. The Labute approximate surface area is 124 Å². The first-order valence-corrected chi connectivity index (χ1v) is 7.45. The van der Waals surface area contributed by atoms with Gasteiger partial charge in [0.2, 0.25) is 0 Å². The number of hydrogen-bond donors (Lipinski definition) is 1. The van der Waals surface area contributed by atoms with Crippen molar-refractivity contribution < 1.29 is 9.66 Å². The predicted octanol–water partition coefficient (Wildman–Crippen LogP) is 2.64. The molecule has 0 radical (unpaired) electrons. The minimum atomic E-state index is -0.348. The molecule has 2 atom stereocenters. The van der Waals surface area contributed by atoms with Gasteiger partial charge < -0.3 is 10.5 Å². The van der Waals surface area contributed by atoms with E-state index in [4.69, 9.17) is 10.5 Å². The molecule has 6 nitrogen and oxygen atoms in total. The summed E-state index contributed by atoms with van der Waals surface area (Å²) in [4.78, 5) is 15.1. The maximum atomic E-state index is 11.1. The van der Waals surface area contributed by atoms with Crippen LogP contribution in [-0.2, 0) is 11.3 Å². The second-order valence-corrected chi connectivity index (χ2v) is 5.75. The summed E-state index contributed by atoms with van der Waals surface area (Å²) in [6.07, 6.45) is 6.16. The molecule has 2 rings (SSSR count). The van der Waals surface area contributed by atoms with Gasteiger partial charge in [-0.05, 0) is 39.2 Å². The molecular weight excluding hydrogens is 270 g/mol. The first-order valence-electron chi connectivity index (χ1n) is 7.45. The van der Waals surface area contributed by atoms with Crippen LogP contribution in [0.3, 0.4) is 0 Å². The lowest BCUT2D eigenvalue weighted by Gasteiger charge is -2.30. The van der Waals surface area contributed by atoms with Crippen molar-refractivity contribution >= 4 is 5.69 Å². The maximum Gasteiger partial charge on any atom is 0.278 e. The van der Waals surface area contributed by atoms with Crippen molar-refractivity contribution in [1.82, 2.24) is 4.98 Å². The molecule has 6 heteroatoms. The Bertz CT molecular complexity index is 519. The van der Waals surface area contributed by atoms with Crippen LogP contribution in [0.25, 0.3) is 0 Å². The van der Waals surface area contributed by atoms with Crippen molar-refractivity contribution in [3.63, 3.8) is 0 Å². The Morgan fingerprint density at radius 3 is 2.81 bits per heavy atom. The van der Waals surface area contributed by atoms with Crippen LogP contribution in [0.15, 0.2) is 6.20 Å². The molecule has 0 saturated heterocycles. The molecule has 1 aliphatic carbocycles. The van der Waals surface area contributed by atoms with E-state index in [1.54, 1.807) is 20.0 Å². The van der Waals surface area contributed by atoms with Crippen LogP contribution < -0.4 is 5.73 Å². The quantitative estimate of drug-likeness (QED) is 0.665. The number of pyridine rings is 1. The highest BCUT2D eigenvalue weighted by atomic mass is 16.6. The number of aryl methyl sites for hydroxylation is 1. The van der Waals surface area contributed by atoms with Gasteiger partial charge in [0.1, 0.15) is 0 Å². The number of rotatable bonds is 5. The van der Waals surface area contributed by atoms with E-state index in [2.05, 4.69) is 4.98 Å². The zero-order chi connectivity index (χ0) is 15.4. The molecule has 1 aromatic heterocycles. The number of ether oxygens (including phenoxy) is 1. The van der Waals surface area contributed by atoms with Crippen LogP contribution in [0.2, 0.25) is 0 Å². The molecule has 0 spiro atoms. The van der Waals surface area contributed by atoms with E-state index in [-0.39, 0.29) is 16.7 Å². The maximum absolute atomic E-state index is 11.1. The zero-order valence-electron chi connectivity index (χ0n) is 12.7. The van der Waals surface area contributed by atoms with Crippen molar-refractivity contribution in [2.75, 3.05) is 6.54 Å². The van der Waals surface area contributed by atoms with Crippen LogP contribution in [0.5, 0.6) is 0 Å². The third kappa shape index (κ3) is 3.57. The molecule has 1 aromatic rings. The lowest BCUT2D eigenvalue weighted by molar-refractivity contribution is -0.386. The topological polar surface area (TPSA) is 91.3 Å². The highest BCUT2D eigenvalue weighted by Gasteiger charge is 2.26. The highest BCUT2D eigenvalue weighted by molar-refractivity contribution is 5.47. The van der Waals surface area contributed by atoms with Gasteiger partial charge in [-0.25, -0.2) is 0 Å². The van der Waals surface area contributed by atoms with Crippen LogP contribution in [0.1, 0.15) is 42.5 Å². The summed E-state index contributed by atoms with van der Waals surface area (Å²) >= 11 is 0. The number of hydrogen-bond acceptors (Lipinski definition) is 5. The normalized spacial score (nSPS) is 22.2. The minimum absolute atomic E-state index is 0.141. The van der Waals surface area contributed by atoms with Gasteiger partial charge in [0, 0.05) is 11.8 Å². The van der Waals surface area contributed by atoms with E-state index in [1.807, 2.05) is 0 Å². The fourth-order valence-electron chi connectivity index (χ4n) is 3.04. The van der Waals surface area contributed by atoms with Crippen molar-refractivity contribution in [2.45, 2.75) is 52.2 Å². The van der Waals surface area contributed by atoms with Gasteiger partial charge >= 0.3 is 0 Å². The first-order chi connectivity index (χ1) is 10.0. The third-order valence-electron chi connectivity index (χ3n) is 4.33. The van der Waals surface area contributed by atoms with Gasteiger partial charge in [-0.3, -0.25) is 15.1 Å². The van der Waals surface area contributed by atoms with Crippen LogP contribution in [0, 0.1) is 29.9 Å². The fourth-order valence-corrected chi connectivity index (χ4v) is 3.04. The Morgan fingerprint density at radius 1 is 1.43 bits per heavy atom. The highest BCUT2D eigenvalue weighted by Crippen LogP contribution is 2.28. The van der Waals surface area contributed by atoms with E-state index in [0.717, 1.165) is 19.3 Å². The zero-order valence-corrected chi connectivity index (χ0v) is 12.7. The van der Waals surface area contributed by atoms with Crippen LogP contribution in [0.4, 0.5) is 5.69 Å². The molecular formula is C15H23N3O3. The van der Waals surface area contributed by atoms with E-state index in [9.17, 15) is 10.1 Å². The summed E-state index contributed by atoms with van der Waals surface area (Å²) in [6.45, 7) is 4.38. The molecule has 2 unspecified atom stereocenters. The summed E-state index contributed by atoms with van der Waals surface area (Å²) in [5.41, 5.74) is 7.76. The summed E-state index contributed by atoms with van der Waals surface area (Å²) in [5.74, 6) is 0.388. The number of nitro groups is 1. The Balaban J connectivity index is 2.09. The van der Waals surface area contributed by atoms with E-state index in [1.165, 1.54) is 6.42 Å². The molecule has 0 aromatic carbocycles. The van der Waals surface area contributed by atoms with Gasteiger partial charge in [0.15, 0.2) is 0 Å². The molecule has 0 aliphatic heterocycles. The molecule has 1 aliphatic rings. The number of nitrogens with zero attached hydrogens (tertiary/aromatic N) is 2. The summed E-state index contributed by atoms with van der Waals surface area (Å²) < 4.78 is 5.96. The third-order valence-corrected chi connectivity index (χ3v) is 4.33. The molecule has 21 heavy (non-hydrogen) atoms. The lowest BCUT2D eigenvalue weighted by Crippen LogP contribution is -2.33. The van der Waals surface area contributed by atoms with Crippen LogP contribution in [-0.4, -0.2) is 22.6 Å². The first kappa shape index (κ1) is 15.9. The van der Waals surface area contributed by atoms with Crippen molar-refractivity contribution in [3.8, 4) is 0 Å². The summed E-state index contributed by atoms with van der Waals surface area (Å²) in [6, 6.07) is 0. The minimum Gasteiger partial charge on any atom is -0.372 e. The summed E-state index contributed by atoms with van der Waals surface area (Å²) in [5, 5.41) is 11.1. The molecule has 1 saturated carbocycles. The molecule has 1 heterocycles. The van der Waals surface area contributed by atoms with Gasteiger partial charge in [0.25, 0.3) is 5.69 Å². The van der Waals surface area contributed by atoms with E-state index in [0.29, 0.717) is 35.9 Å². The Morgan fingerprint density at radius 2 is 2.14 bits per heavy atom. The van der Waals surface area contributed by atoms with Gasteiger partial charge in [-0.2, -0.15) is 0 Å². The smallest absolute Gasteiger partial charge is 0.278 e. The van der Waals surface area contributed by atoms with Gasteiger partial charge in [-0.15, -0.1) is 0 Å². The van der Waals surface area contributed by atoms with Gasteiger partial charge in [-0.1, -0.05) is 12.8 Å². The molecule has 1 fully saturated rings. The van der Waals surface area contributed by atoms with Gasteiger partial charge in [0.05, 0.1) is 28.9 Å². The van der Waals surface area contributed by atoms with Crippen molar-refractivity contribution in [1.29, 1.82) is 0 Å². The monoisotopic (exact) mass is 293 g/mol. The predicted molar refractivity (Wildman–Crippen MR) is 80.0 cm³/mol. The number of aromatic nitrogens is 1. The Kier molecular flexibility index (Phi) is 5.25. The fraction of sp³-hybridized carbons (Fsp3) is 0.667. The molecule has 0 bridgehead atoms.